The highest BCUT2D eigenvalue weighted by atomic mass is 16.5. The van der Waals surface area contributed by atoms with Crippen molar-refractivity contribution in [2.75, 3.05) is 87.0 Å². The van der Waals surface area contributed by atoms with Crippen LogP contribution in [0.25, 0.3) is 0 Å². The molecule has 0 saturated heterocycles. The summed E-state index contributed by atoms with van der Waals surface area (Å²) in [5.41, 5.74) is 7.75. The standard InChI is InChI=1S/C37H55N3O3/c1-6-38(7-2)34-19-13-31(14-20-34)37(32-15-21-35(22-16-32)39(8-3)9-4)33-17-23-36(24-18-33)40(10-5)25-11-12-27-42-29-30-43-28-26-41/h13-24,37,41H,6-12,25-30H2,1-5H3. The Hall–Kier alpha value is -3.06. The average Bonchev–Trinajstić information content (AvgIpc) is 3.05. The lowest BCUT2D eigenvalue weighted by atomic mass is 9.85. The van der Waals surface area contributed by atoms with Crippen molar-refractivity contribution in [3.8, 4) is 0 Å². The highest BCUT2D eigenvalue weighted by Gasteiger charge is 2.18. The van der Waals surface area contributed by atoms with Crippen molar-refractivity contribution in [3.63, 3.8) is 0 Å². The maximum absolute atomic E-state index is 8.76. The molecule has 0 bridgehead atoms. The van der Waals surface area contributed by atoms with Gasteiger partial charge < -0.3 is 29.3 Å². The molecule has 0 aliphatic carbocycles. The van der Waals surface area contributed by atoms with Gasteiger partial charge in [0.15, 0.2) is 0 Å². The van der Waals surface area contributed by atoms with Crippen LogP contribution in [0.3, 0.4) is 0 Å². The first-order valence-corrected chi connectivity index (χ1v) is 16.4. The van der Waals surface area contributed by atoms with Crippen LogP contribution in [-0.2, 0) is 9.47 Å². The van der Waals surface area contributed by atoms with Gasteiger partial charge in [-0.1, -0.05) is 36.4 Å². The largest absolute Gasteiger partial charge is 0.394 e. The van der Waals surface area contributed by atoms with Gasteiger partial charge in [0, 0.05) is 68.9 Å². The number of aliphatic hydroxyl groups is 1. The average molecular weight is 590 g/mol. The first-order valence-electron chi connectivity index (χ1n) is 16.4. The van der Waals surface area contributed by atoms with Crippen LogP contribution in [0.15, 0.2) is 72.8 Å². The Labute approximate surface area is 261 Å². The molecule has 0 spiro atoms. The van der Waals surface area contributed by atoms with Crippen molar-refractivity contribution in [1.29, 1.82) is 0 Å². The zero-order valence-electron chi connectivity index (χ0n) is 27.3. The van der Waals surface area contributed by atoms with Gasteiger partial charge in [-0.2, -0.15) is 0 Å². The van der Waals surface area contributed by atoms with Crippen molar-refractivity contribution in [2.24, 2.45) is 0 Å². The Morgan fingerprint density at radius 1 is 0.488 bits per heavy atom. The molecule has 3 aromatic rings. The van der Waals surface area contributed by atoms with E-state index in [-0.39, 0.29) is 12.5 Å². The van der Waals surface area contributed by atoms with Gasteiger partial charge >= 0.3 is 0 Å². The molecule has 0 atom stereocenters. The van der Waals surface area contributed by atoms with E-state index in [0.29, 0.717) is 19.8 Å². The Balaban J connectivity index is 1.75. The summed E-state index contributed by atoms with van der Waals surface area (Å²) in [6.07, 6.45) is 2.09. The number of nitrogens with zero attached hydrogens (tertiary/aromatic N) is 3. The topological polar surface area (TPSA) is 48.4 Å². The van der Waals surface area contributed by atoms with E-state index < -0.39 is 0 Å². The summed E-state index contributed by atoms with van der Waals surface area (Å²) in [7, 11) is 0. The minimum absolute atomic E-state index is 0.0581. The summed E-state index contributed by atoms with van der Waals surface area (Å²) >= 11 is 0. The lowest BCUT2D eigenvalue weighted by Gasteiger charge is -2.26. The van der Waals surface area contributed by atoms with Crippen LogP contribution in [0.5, 0.6) is 0 Å². The molecule has 0 unspecified atom stereocenters. The summed E-state index contributed by atoms with van der Waals surface area (Å²) in [4.78, 5) is 7.23. The second-order valence-electron chi connectivity index (χ2n) is 10.8. The molecule has 0 aliphatic heterocycles. The van der Waals surface area contributed by atoms with Crippen molar-refractivity contribution < 1.29 is 14.6 Å². The van der Waals surface area contributed by atoms with Gasteiger partial charge in [0.05, 0.1) is 26.4 Å². The molecule has 0 fully saturated rings. The third-order valence-corrected chi connectivity index (χ3v) is 8.26. The van der Waals surface area contributed by atoms with Crippen LogP contribution in [0.4, 0.5) is 17.1 Å². The SMILES string of the molecule is CCN(CC)c1ccc(C(c2ccc(N(CC)CC)cc2)c2ccc(N(CC)CCCCOCCOCCO)cc2)cc1. The molecule has 236 valence electrons. The molecule has 0 heterocycles. The Morgan fingerprint density at radius 2 is 0.860 bits per heavy atom. The van der Waals surface area contributed by atoms with E-state index in [1.165, 1.54) is 33.8 Å². The summed E-state index contributed by atoms with van der Waals surface area (Å²) in [6.45, 7) is 19.4. The minimum atomic E-state index is 0.0581. The molecule has 0 aliphatic rings. The number of rotatable bonds is 21. The van der Waals surface area contributed by atoms with E-state index in [0.717, 1.165) is 58.7 Å². The molecule has 6 nitrogen and oxygen atoms in total. The van der Waals surface area contributed by atoms with Gasteiger partial charge in [-0.05, 0) is 101 Å². The van der Waals surface area contributed by atoms with Crippen molar-refractivity contribution in [2.45, 2.75) is 53.4 Å². The summed E-state index contributed by atoms with van der Waals surface area (Å²) in [5.74, 6) is 0.166. The van der Waals surface area contributed by atoms with Gasteiger partial charge in [-0.3, -0.25) is 0 Å². The van der Waals surface area contributed by atoms with Crippen LogP contribution in [0, 0.1) is 0 Å². The van der Waals surface area contributed by atoms with E-state index in [9.17, 15) is 0 Å². The second-order valence-corrected chi connectivity index (χ2v) is 10.8. The lowest BCUT2D eigenvalue weighted by Crippen LogP contribution is -2.24. The van der Waals surface area contributed by atoms with Crippen molar-refractivity contribution in [1.82, 2.24) is 0 Å². The van der Waals surface area contributed by atoms with E-state index >= 15 is 0 Å². The first kappa shape index (κ1) is 34.4. The quantitative estimate of drug-likeness (QED) is 0.105. The van der Waals surface area contributed by atoms with E-state index in [1.807, 2.05) is 0 Å². The van der Waals surface area contributed by atoms with Crippen molar-refractivity contribution >= 4 is 17.1 Å². The highest BCUT2D eigenvalue weighted by Crippen LogP contribution is 2.35. The Kier molecular flexibility index (Phi) is 15.4. The fourth-order valence-corrected chi connectivity index (χ4v) is 5.75. The molecule has 6 heteroatoms. The molecule has 3 rings (SSSR count). The van der Waals surface area contributed by atoms with Crippen molar-refractivity contribution in [3.05, 3.63) is 89.5 Å². The second kappa shape index (κ2) is 19.3. The zero-order chi connectivity index (χ0) is 30.9. The van der Waals surface area contributed by atoms with Gasteiger partial charge in [0.2, 0.25) is 0 Å². The molecule has 0 radical (unpaired) electrons. The zero-order valence-corrected chi connectivity index (χ0v) is 27.3. The third kappa shape index (κ3) is 10.3. The monoisotopic (exact) mass is 589 g/mol. The van der Waals surface area contributed by atoms with E-state index in [4.69, 9.17) is 14.6 Å². The normalized spacial score (nSPS) is 11.2. The smallest absolute Gasteiger partial charge is 0.0701 e. The first-order chi connectivity index (χ1) is 21.1. The van der Waals surface area contributed by atoms with E-state index in [1.54, 1.807) is 0 Å². The maximum atomic E-state index is 8.76. The summed E-state index contributed by atoms with van der Waals surface area (Å²) in [6, 6.07) is 27.5. The molecule has 3 aromatic carbocycles. The van der Waals surface area contributed by atoms with E-state index in [2.05, 4.69) is 122 Å². The Bertz CT molecular complexity index is 1070. The third-order valence-electron chi connectivity index (χ3n) is 8.26. The number of hydrogen-bond donors (Lipinski definition) is 1. The fraction of sp³-hybridized carbons (Fsp3) is 0.514. The molecule has 0 amide bonds. The number of benzene rings is 3. The molecule has 1 N–H and O–H groups in total. The van der Waals surface area contributed by atoms with Crippen LogP contribution < -0.4 is 14.7 Å². The minimum Gasteiger partial charge on any atom is -0.394 e. The highest BCUT2D eigenvalue weighted by molar-refractivity contribution is 5.56. The van der Waals surface area contributed by atoms with Gasteiger partial charge in [0.25, 0.3) is 0 Å². The molecule has 0 saturated carbocycles. The number of unbranched alkanes of at least 4 members (excludes halogenated alkanes) is 1. The molecular formula is C37H55N3O3. The number of aliphatic hydroxyl groups excluding tert-OH is 1. The molecule has 43 heavy (non-hydrogen) atoms. The molecular weight excluding hydrogens is 534 g/mol. The predicted octanol–water partition coefficient (Wildman–Crippen LogP) is 7.19. The van der Waals surface area contributed by atoms with Crippen LogP contribution in [0.2, 0.25) is 0 Å². The van der Waals surface area contributed by atoms with Crippen LogP contribution in [-0.4, -0.2) is 77.4 Å². The lowest BCUT2D eigenvalue weighted by molar-refractivity contribution is 0.0323. The number of anilines is 3. The van der Waals surface area contributed by atoms with Crippen LogP contribution >= 0.6 is 0 Å². The maximum Gasteiger partial charge on any atom is 0.0701 e. The summed E-state index contributed by atoms with van der Waals surface area (Å²) < 4.78 is 10.9. The van der Waals surface area contributed by atoms with Crippen LogP contribution in [0.1, 0.15) is 70.1 Å². The number of ether oxygens (including phenoxy) is 2. The number of hydrogen-bond acceptors (Lipinski definition) is 6. The van der Waals surface area contributed by atoms with Gasteiger partial charge in [0.1, 0.15) is 0 Å². The molecule has 0 aromatic heterocycles. The summed E-state index contributed by atoms with van der Waals surface area (Å²) in [5, 5.41) is 8.76. The fourth-order valence-electron chi connectivity index (χ4n) is 5.75. The Morgan fingerprint density at radius 3 is 1.23 bits per heavy atom. The predicted molar refractivity (Wildman–Crippen MR) is 183 cm³/mol. The van der Waals surface area contributed by atoms with Gasteiger partial charge in [-0.15, -0.1) is 0 Å². The van der Waals surface area contributed by atoms with Gasteiger partial charge in [-0.25, -0.2) is 0 Å².